The van der Waals surface area contributed by atoms with Crippen LogP contribution < -0.4 is 4.74 Å². The Kier molecular flexibility index (Phi) is 4.40. The molecule has 6 nitrogen and oxygen atoms in total. The third-order valence-electron chi connectivity index (χ3n) is 2.70. The van der Waals surface area contributed by atoms with E-state index in [1.165, 1.54) is 14.2 Å². The molecule has 0 aromatic heterocycles. The van der Waals surface area contributed by atoms with Gasteiger partial charge in [-0.2, -0.15) is 0 Å². The van der Waals surface area contributed by atoms with Gasteiger partial charge in [0.2, 0.25) is 0 Å². The van der Waals surface area contributed by atoms with Crippen LogP contribution in [-0.2, 0) is 10.2 Å². The Morgan fingerprint density at radius 3 is 2.37 bits per heavy atom. The maximum Gasteiger partial charge on any atom is 0.341 e. The second-order valence-corrected chi connectivity index (χ2v) is 5.01. The van der Waals surface area contributed by atoms with Gasteiger partial charge in [0.05, 0.1) is 19.9 Å². The van der Waals surface area contributed by atoms with E-state index >= 15 is 0 Å². The number of ether oxygens (including phenoxy) is 2. The number of hydrogen-bond donors (Lipinski definition) is 0. The van der Waals surface area contributed by atoms with Crippen molar-refractivity contribution >= 4 is 11.7 Å². The predicted molar refractivity (Wildman–Crippen MR) is 71.8 cm³/mol. The summed E-state index contributed by atoms with van der Waals surface area (Å²) in [6, 6.07) is 3.41. The van der Waals surface area contributed by atoms with E-state index in [1.54, 1.807) is 12.1 Å². The molecule has 0 heterocycles. The Hall–Kier alpha value is -2.20. The van der Waals surface area contributed by atoms with E-state index in [0.29, 0.717) is 0 Å². The average molecular weight is 263 g/mol. The lowest BCUT2D eigenvalue weighted by Gasteiger charge is -2.21. The molecule has 0 unspecified atom stereocenters. The maximum atomic E-state index is 11.8. The van der Waals surface area contributed by atoms with Gasteiger partial charge < -0.3 is 9.47 Å². The maximum absolute atomic E-state index is 11.8. The van der Waals surface area contributed by atoms with Crippen LogP contribution in [0.1, 0.15) is 36.7 Å². The third-order valence-corrected chi connectivity index (χ3v) is 2.70. The van der Waals surface area contributed by atoms with Crippen LogP contribution in [0.3, 0.4) is 0 Å². The number of rotatable bonds is 3. The molecule has 19 heavy (non-hydrogen) atoms. The number of esters is 1. The van der Waals surface area contributed by atoms with Gasteiger partial charge in [-0.15, -0.1) is 0 Å². The first-order valence-electron chi connectivity index (χ1n) is 5.71. The van der Waals surface area contributed by atoms with Gasteiger partial charge >= 0.3 is 5.97 Å². The number of azide groups is 1. The van der Waals surface area contributed by atoms with Gasteiger partial charge in [-0.3, -0.25) is 0 Å². The van der Waals surface area contributed by atoms with Gasteiger partial charge in [0.25, 0.3) is 0 Å². The number of carbonyl (C=O) groups is 1. The Morgan fingerprint density at radius 1 is 1.32 bits per heavy atom. The average Bonchev–Trinajstić information content (AvgIpc) is 2.36. The van der Waals surface area contributed by atoms with Crippen molar-refractivity contribution in [1.82, 2.24) is 0 Å². The molecule has 0 N–H and O–H groups in total. The van der Waals surface area contributed by atoms with Crippen molar-refractivity contribution in [2.24, 2.45) is 5.11 Å². The molecular formula is C13H17N3O3. The van der Waals surface area contributed by atoms with Crippen molar-refractivity contribution in [3.05, 3.63) is 33.7 Å². The number of methoxy groups -OCH3 is 2. The highest BCUT2D eigenvalue weighted by Gasteiger charge is 2.22. The van der Waals surface area contributed by atoms with Gasteiger partial charge in [-0.05, 0) is 28.6 Å². The molecule has 0 aliphatic rings. The monoisotopic (exact) mass is 263 g/mol. The van der Waals surface area contributed by atoms with Crippen LogP contribution in [-0.4, -0.2) is 20.2 Å². The summed E-state index contributed by atoms with van der Waals surface area (Å²) in [5.41, 5.74) is 9.79. The van der Waals surface area contributed by atoms with Gasteiger partial charge in [0.15, 0.2) is 0 Å². The zero-order chi connectivity index (χ0) is 14.6. The van der Waals surface area contributed by atoms with Crippen LogP contribution in [0.25, 0.3) is 10.4 Å². The summed E-state index contributed by atoms with van der Waals surface area (Å²) in [6.45, 7) is 5.99. The first kappa shape index (κ1) is 14.9. The molecule has 0 bridgehead atoms. The quantitative estimate of drug-likeness (QED) is 0.360. The molecular weight excluding hydrogens is 246 g/mol. The van der Waals surface area contributed by atoms with Crippen molar-refractivity contribution in [3.8, 4) is 5.75 Å². The summed E-state index contributed by atoms with van der Waals surface area (Å²) >= 11 is 0. The second-order valence-electron chi connectivity index (χ2n) is 5.01. The van der Waals surface area contributed by atoms with Crippen molar-refractivity contribution < 1.29 is 14.3 Å². The Bertz CT molecular complexity index is 541. The largest absolute Gasteiger partial charge is 0.495 e. The molecule has 6 heteroatoms. The van der Waals surface area contributed by atoms with Crippen LogP contribution in [0.15, 0.2) is 17.2 Å². The molecule has 1 rings (SSSR count). The van der Waals surface area contributed by atoms with Crippen LogP contribution in [0, 0.1) is 0 Å². The van der Waals surface area contributed by atoms with E-state index in [0.717, 1.165) is 5.56 Å². The number of nitrogens with zero attached hydrogens (tertiary/aromatic N) is 3. The van der Waals surface area contributed by atoms with E-state index in [2.05, 4.69) is 10.0 Å². The lowest BCUT2D eigenvalue weighted by molar-refractivity contribution is 0.0597. The van der Waals surface area contributed by atoms with E-state index in [-0.39, 0.29) is 22.4 Å². The lowest BCUT2D eigenvalue weighted by Crippen LogP contribution is -2.13. The zero-order valence-electron chi connectivity index (χ0n) is 11.7. The standard InChI is InChI=1S/C13H17N3O3/c1-13(2,3)8-6-9(12(17)19-5)11(18-4)10(7-8)15-16-14/h6-7H,1-5H3. The molecule has 102 valence electrons. The van der Waals surface area contributed by atoms with E-state index in [9.17, 15) is 4.79 Å². The van der Waals surface area contributed by atoms with Gasteiger partial charge in [0, 0.05) is 4.91 Å². The molecule has 0 aliphatic carbocycles. The molecule has 0 atom stereocenters. The first-order valence-corrected chi connectivity index (χ1v) is 5.71. The summed E-state index contributed by atoms with van der Waals surface area (Å²) in [6.07, 6.45) is 0. The molecule has 0 amide bonds. The second kappa shape index (κ2) is 5.63. The number of hydrogen-bond acceptors (Lipinski definition) is 4. The van der Waals surface area contributed by atoms with Crippen LogP contribution in [0.2, 0.25) is 0 Å². The lowest BCUT2D eigenvalue weighted by atomic mass is 9.85. The highest BCUT2D eigenvalue weighted by atomic mass is 16.5. The zero-order valence-corrected chi connectivity index (χ0v) is 11.7. The van der Waals surface area contributed by atoms with Crippen molar-refractivity contribution in [3.63, 3.8) is 0 Å². The first-order chi connectivity index (χ1) is 8.85. The Morgan fingerprint density at radius 2 is 1.95 bits per heavy atom. The highest BCUT2D eigenvalue weighted by molar-refractivity contribution is 5.95. The number of carbonyl (C=O) groups excluding carboxylic acids is 1. The van der Waals surface area contributed by atoms with E-state index < -0.39 is 5.97 Å². The van der Waals surface area contributed by atoms with Crippen molar-refractivity contribution in [2.45, 2.75) is 26.2 Å². The number of benzene rings is 1. The molecule has 0 aliphatic heterocycles. The summed E-state index contributed by atoms with van der Waals surface area (Å²) in [7, 11) is 2.70. The molecule has 0 radical (unpaired) electrons. The fourth-order valence-corrected chi connectivity index (χ4v) is 1.65. The molecule has 0 saturated carbocycles. The minimum absolute atomic E-state index is 0.200. The summed E-state index contributed by atoms with van der Waals surface area (Å²) in [5, 5.41) is 3.58. The molecule has 1 aromatic carbocycles. The third kappa shape index (κ3) is 3.17. The van der Waals surface area contributed by atoms with Crippen molar-refractivity contribution in [2.75, 3.05) is 14.2 Å². The fourth-order valence-electron chi connectivity index (χ4n) is 1.65. The summed E-state index contributed by atoms with van der Waals surface area (Å²) in [5.74, 6) is -0.310. The smallest absolute Gasteiger partial charge is 0.341 e. The van der Waals surface area contributed by atoms with Crippen LogP contribution in [0.5, 0.6) is 5.75 Å². The minimum Gasteiger partial charge on any atom is -0.495 e. The Balaban J connectivity index is 3.63. The Labute approximate surface area is 112 Å². The van der Waals surface area contributed by atoms with E-state index in [1.807, 2.05) is 20.8 Å². The van der Waals surface area contributed by atoms with Gasteiger partial charge in [-0.25, -0.2) is 4.79 Å². The van der Waals surface area contributed by atoms with Crippen LogP contribution >= 0.6 is 0 Å². The minimum atomic E-state index is -0.530. The summed E-state index contributed by atoms with van der Waals surface area (Å²) in [4.78, 5) is 14.5. The highest BCUT2D eigenvalue weighted by Crippen LogP contribution is 2.37. The predicted octanol–water partition coefficient (Wildman–Crippen LogP) is 3.72. The topological polar surface area (TPSA) is 84.3 Å². The van der Waals surface area contributed by atoms with Gasteiger partial charge in [0.1, 0.15) is 11.3 Å². The molecule has 0 saturated heterocycles. The fraction of sp³-hybridized carbons (Fsp3) is 0.462. The van der Waals surface area contributed by atoms with Crippen LogP contribution in [0.4, 0.5) is 5.69 Å². The summed E-state index contributed by atoms with van der Waals surface area (Å²) < 4.78 is 9.88. The molecule has 0 spiro atoms. The van der Waals surface area contributed by atoms with Crippen molar-refractivity contribution in [1.29, 1.82) is 0 Å². The SMILES string of the molecule is COC(=O)c1cc(C(C)(C)C)cc(N=[N+]=[N-])c1OC. The molecule has 1 aromatic rings. The van der Waals surface area contributed by atoms with Gasteiger partial charge in [-0.1, -0.05) is 25.9 Å². The molecule has 0 fully saturated rings. The van der Waals surface area contributed by atoms with E-state index in [4.69, 9.17) is 15.0 Å². The normalized spacial score (nSPS) is 10.6.